The van der Waals surface area contributed by atoms with Gasteiger partial charge in [-0.15, -0.1) is 0 Å². The molecule has 1 aromatic rings. The molecule has 22 heavy (non-hydrogen) atoms. The zero-order valence-electron chi connectivity index (χ0n) is 13.0. The van der Waals surface area contributed by atoms with Gasteiger partial charge in [0.15, 0.2) is 0 Å². The van der Waals surface area contributed by atoms with Crippen LogP contribution in [0, 0.1) is 5.92 Å². The number of fused-ring (bicyclic) bond motifs is 3. The van der Waals surface area contributed by atoms with E-state index < -0.39 is 0 Å². The standard InChI is InChI=1S/C18H20BrN3/c1-12-10-13(22-8-6-21(2)7-9-22)11-14-17-15(19)4-3-5-16(17)20-18(12)14/h3-5,10-12H,6-9H2,1-2H3. The summed E-state index contributed by atoms with van der Waals surface area (Å²) < 4.78 is 1.14. The van der Waals surface area contributed by atoms with Crippen molar-refractivity contribution >= 4 is 32.9 Å². The van der Waals surface area contributed by atoms with E-state index in [1.54, 1.807) is 0 Å². The number of rotatable bonds is 1. The summed E-state index contributed by atoms with van der Waals surface area (Å²) in [5.41, 5.74) is 6.21. The van der Waals surface area contributed by atoms with E-state index in [9.17, 15) is 0 Å². The molecule has 4 rings (SSSR count). The highest BCUT2D eigenvalue weighted by Crippen LogP contribution is 2.44. The maximum absolute atomic E-state index is 4.85. The van der Waals surface area contributed by atoms with Crippen molar-refractivity contribution in [1.82, 2.24) is 9.80 Å². The van der Waals surface area contributed by atoms with Gasteiger partial charge in [-0.1, -0.05) is 35.0 Å². The smallest absolute Gasteiger partial charge is 0.0723 e. The fourth-order valence-electron chi connectivity index (χ4n) is 3.48. The SMILES string of the molecule is CC1C=C(N2CCN(C)CC2)C=C2C1=Nc1cccc(Br)c12. The van der Waals surface area contributed by atoms with Crippen molar-refractivity contribution in [3.63, 3.8) is 0 Å². The highest BCUT2D eigenvalue weighted by molar-refractivity contribution is 9.10. The molecule has 3 nitrogen and oxygen atoms in total. The van der Waals surface area contributed by atoms with E-state index in [1.165, 1.54) is 22.5 Å². The van der Waals surface area contributed by atoms with Crippen LogP contribution in [0.15, 0.2) is 45.5 Å². The van der Waals surface area contributed by atoms with Gasteiger partial charge < -0.3 is 9.80 Å². The topological polar surface area (TPSA) is 18.8 Å². The fourth-order valence-corrected chi connectivity index (χ4v) is 4.05. The third-order valence-electron chi connectivity index (χ3n) is 4.79. The van der Waals surface area contributed by atoms with Crippen LogP contribution in [0.4, 0.5) is 5.69 Å². The third kappa shape index (κ3) is 2.25. The van der Waals surface area contributed by atoms with Crippen LogP contribution in [0.1, 0.15) is 12.5 Å². The van der Waals surface area contributed by atoms with E-state index in [1.807, 2.05) is 0 Å². The molecule has 3 aliphatic rings. The number of hydrogen-bond donors (Lipinski definition) is 0. The van der Waals surface area contributed by atoms with E-state index in [2.05, 4.69) is 70.1 Å². The average Bonchev–Trinajstić information content (AvgIpc) is 2.88. The summed E-state index contributed by atoms with van der Waals surface area (Å²) in [5.74, 6) is 0.369. The Kier molecular flexibility index (Phi) is 3.46. The Balaban J connectivity index is 1.72. The van der Waals surface area contributed by atoms with Crippen molar-refractivity contribution in [2.24, 2.45) is 10.9 Å². The summed E-state index contributed by atoms with van der Waals surface area (Å²) in [6.45, 7) is 6.73. The van der Waals surface area contributed by atoms with Crippen molar-refractivity contribution in [3.05, 3.63) is 46.1 Å². The van der Waals surface area contributed by atoms with Gasteiger partial charge in [0.25, 0.3) is 0 Å². The molecule has 114 valence electrons. The molecular weight excluding hydrogens is 338 g/mol. The van der Waals surface area contributed by atoms with Gasteiger partial charge in [-0.05, 0) is 25.3 Å². The second kappa shape index (κ2) is 5.36. The van der Waals surface area contributed by atoms with Crippen molar-refractivity contribution in [2.75, 3.05) is 33.2 Å². The number of piperazine rings is 1. The van der Waals surface area contributed by atoms with Crippen LogP contribution >= 0.6 is 15.9 Å². The molecule has 2 aliphatic heterocycles. The van der Waals surface area contributed by atoms with E-state index in [4.69, 9.17) is 4.99 Å². The zero-order valence-corrected chi connectivity index (χ0v) is 14.6. The molecule has 0 spiro atoms. The van der Waals surface area contributed by atoms with Crippen LogP contribution in [-0.4, -0.2) is 48.7 Å². The lowest BCUT2D eigenvalue weighted by molar-refractivity contribution is 0.189. The first kappa shape index (κ1) is 14.2. The molecule has 2 heterocycles. The molecule has 0 radical (unpaired) electrons. The summed E-state index contributed by atoms with van der Waals surface area (Å²) in [6.07, 6.45) is 4.70. The number of nitrogens with zero attached hydrogens (tertiary/aromatic N) is 3. The van der Waals surface area contributed by atoms with Gasteiger partial charge in [0.2, 0.25) is 0 Å². The number of allylic oxidation sites excluding steroid dienone is 3. The molecule has 1 aliphatic carbocycles. The number of hydrogen-bond acceptors (Lipinski definition) is 3. The lowest BCUT2D eigenvalue weighted by Crippen LogP contribution is -2.44. The van der Waals surface area contributed by atoms with Gasteiger partial charge in [0, 0.05) is 53.4 Å². The molecule has 1 fully saturated rings. The predicted molar refractivity (Wildman–Crippen MR) is 95.5 cm³/mol. The highest BCUT2D eigenvalue weighted by atomic mass is 79.9. The summed E-state index contributed by atoms with van der Waals surface area (Å²) >= 11 is 3.70. The molecule has 4 heteroatoms. The van der Waals surface area contributed by atoms with Crippen LogP contribution in [0.2, 0.25) is 0 Å². The van der Waals surface area contributed by atoms with Crippen LogP contribution in [-0.2, 0) is 0 Å². The molecule has 1 aromatic carbocycles. The predicted octanol–water partition coefficient (Wildman–Crippen LogP) is 3.70. The van der Waals surface area contributed by atoms with Crippen LogP contribution in [0.25, 0.3) is 5.57 Å². The number of likely N-dealkylation sites (N-methyl/N-ethyl adjacent to an activating group) is 1. The number of benzene rings is 1. The van der Waals surface area contributed by atoms with Gasteiger partial charge in [0.05, 0.1) is 11.4 Å². The van der Waals surface area contributed by atoms with Gasteiger partial charge >= 0.3 is 0 Å². The Labute approximate surface area is 140 Å². The van der Waals surface area contributed by atoms with E-state index in [0.29, 0.717) is 5.92 Å². The minimum Gasteiger partial charge on any atom is -0.369 e. The monoisotopic (exact) mass is 357 g/mol. The van der Waals surface area contributed by atoms with Crippen LogP contribution < -0.4 is 0 Å². The van der Waals surface area contributed by atoms with Crippen molar-refractivity contribution < 1.29 is 0 Å². The third-order valence-corrected chi connectivity index (χ3v) is 5.45. The molecule has 1 unspecified atom stereocenters. The second-order valence-corrected chi connectivity index (χ2v) is 7.21. The molecule has 0 saturated carbocycles. The fraction of sp³-hybridized carbons (Fsp3) is 0.389. The molecule has 0 bridgehead atoms. The molecular formula is C18H20BrN3. The maximum Gasteiger partial charge on any atom is 0.0723 e. The van der Waals surface area contributed by atoms with E-state index in [-0.39, 0.29) is 0 Å². The quantitative estimate of drug-likeness (QED) is 0.762. The largest absolute Gasteiger partial charge is 0.369 e. The minimum atomic E-state index is 0.369. The van der Waals surface area contributed by atoms with Crippen molar-refractivity contribution in [2.45, 2.75) is 6.92 Å². The van der Waals surface area contributed by atoms with E-state index >= 15 is 0 Å². The number of halogens is 1. The molecule has 1 saturated heterocycles. The van der Waals surface area contributed by atoms with Gasteiger partial charge in [-0.3, -0.25) is 4.99 Å². The summed E-state index contributed by atoms with van der Waals surface area (Å²) in [5, 5.41) is 0. The van der Waals surface area contributed by atoms with Crippen LogP contribution in [0.5, 0.6) is 0 Å². The first-order valence-corrected chi connectivity index (χ1v) is 8.67. The van der Waals surface area contributed by atoms with Crippen molar-refractivity contribution in [1.29, 1.82) is 0 Å². The normalized spacial score (nSPS) is 24.4. The Morgan fingerprint density at radius 1 is 1.18 bits per heavy atom. The average molecular weight is 358 g/mol. The minimum absolute atomic E-state index is 0.369. The van der Waals surface area contributed by atoms with E-state index in [0.717, 1.165) is 36.3 Å². The van der Waals surface area contributed by atoms with Crippen molar-refractivity contribution in [3.8, 4) is 0 Å². The Bertz CT molecular complexity index is 709. The lowest BCUT2D eigenvalue weighted by atomic mass is 9.89. The summed E-state index contributed by atoms with van der Waals surface area (Å²) in [4.78, 5) is 9.76. The maximum atomic E-state index is 4.85. The van der Waals surface area contributed by atoms with Gasteiger partial charge in [-0.25, -0.2) is 0 Å². The summed E-state index contributed by atoms with van der Waals surface area (Å²) in [7, 11) is 2.20. The van der Waals surface area contributed by atoms with Gasteiger partial charge in [0.1, 0.15) is 0 Å². The molecule has 0 N–H and O–H groups in total. The van der Waals surface area contributed by atoms with Gasteiger partial charge in [-0.2, -0.15) is 0 Å². The molecule has 0 aromatic heterocycles. The lowest BCUT2D eigenvalue weighted by Gasteiger charge is -2.36. The Morgan fingerprint density at radius 2 is 1.95 bits per heavy atom. The Hall–Kier alpha value is -1.39. The first-order valence-electron chi connectivity index (χ1n) is 7.88. The number of aliphatic imine (C=N–C) groups is 1. The van der Waals surface area contributed by atoms with Crippen LogP contribution in [0.3, 0.4) is 0 Å². The molecule has 1 atom stereocenters. The zero-order chi connectivity index (χ0) is 15.3. The first-order chi connectivity index (χ1) is 10.6. The second-order valence-electron chi connectivity index (χ2n) is 6.36. The summed E-state index contributed by atoms with van der Waals surface area (Å²) in [6, 6.07) is 6.27. The molecule has 0 amide bonds. The Morgan fingerprint density at radius 3 is 2.73 bits per heavy atom. The highest BCUT2D eigenvalue weighted by Gasteiger charge is 2.30.